The molecule has 15 heavy (non-hydrogen) atoms. The molecule has 82 valence electrons. The maximum absolute atomic E-state index is 4.53. The molecule has 0 aliphatic carbocycles. The van der Waals surface area contributed by atoms with Crippen molar-refractivity contribution in [2.45, 2.75) is 31.1 Å². The Labute approximate surface area is 99.8 Å². The molecule has 2 nitrogen and oxygen atoms in total. The second-order valence-corrected chi connectivity index (χ2v) is 5.52. The van der Waals surface area contributed by atoms with Crippen molar-refractivity contribution in [2.75, 3.05) is 13.1 Å². The maximum atomic E-state index is 4.53. The number of rotatable bonds is 2. The lowest BCUT2D eigenvalue weighted by Crippen LogP contribution is -2.33. The minimum Gasteiger partial charge on any atom is -0.297 e. The number of hydrogen-bond donors (Lipinski definition) is 0. The molecule has 1 aliphatic rings. The number of pyridine rings is 1. The van der Waals surface area contributed by atoms with E-state index in [1.807, 2.05) is 13.0 Å². The summed E-state index contributed by atoms with van der Waals surface area (Å²) in [6.45, 7) is 5.42. The zero-order chi connectivity index (χ0) is 10.7. The molecule has 2 heterocycles. The average molecular weight is 269 g/mol. The molecule has 0 N–H and O–H groups in total. The van der Waals surface area contributed by atoms with Crippen LogP contribution in [-0.4, -0.2) is 27.8 Å². The van der Waals surface area contributed by atoms with Crippen molar-refractivity contribution in [3.8, 4) is 0 Å². The van der Waals surface area contributed by atoms with Gasteiger partial charge in [0.1, 0.15) is 0 Å². The Bertz CT molecular complexity index is 319. The molecule has 0 bridgehead atoms. The molecule has 0 unspecified atom stereocenters. The van der Waals surface area contributed by atoms with Gasteiger partial charge in [0.25, 0.3) is 0 Å². The van der Waals surface area contributed by atoms with Gasteiger partial charge in [-0.2, -0.15) is 0 Å². The number of piperidine rings is 1. The molecule has 1 saturated heterocycles. The fourth-order valence-corrected chi connectivity index (χ4v) is 2.39. The highest BCUT2D eigenvalue weighted by atomic mass is 79.9. The van der Waals surface area contributed by atoms with Crippen LogP contribution in [0.25, 0.3) is 0 Å². The third-order valence-corrected chi connectivity index (χ3v) is 3.76. The Balaban J connectivity index is 1.92. The van der Waals surface area contributed by atoms with E-state index in [1.165, 1.54) is 31.6 Å². The van der Waals surface area contributed by atoms with Gasteiger partial charge in [-0.15, -0.1) is 0 Å². The van der Waals surface area contributed by atoms with Gasteiger partial charge in [-0.1, -0.05) is 22.0 Å². The SMILES string of the molecule is Cc1cccc(CN2CCC(Br)CC2)n1. The number of hydrogen-bond acceptors (Lipinski definition) is 2. The first-order chi connectivity index (χ1) is 7.24. The fourth-order valence-electron chi connectivity index (χ4n) is 1.98. The van der Waals surface area contributed by atoms with Crippen molar-refractivity contribution >= 4 is 15.9 Å². The molecular weight excluding hydrogens is 252 g/mol. The van der Waals surface area contributed by atoms with Crippen LogP contribution in [-0.2, 0) is 6.54 Å². The number of aromatic nitrogens is 1. The van der Waals surface area contributed by atoms with Gasteiger partial charge in [0.2, 0.25) is 0 Å². The first kappa shape index (κ1) is 11.1. The molecule has 0 amide bonds. The first-order valence-corrected chi connectivity index (χ1v) is 6.44. The molecule has 3 heteroatoms. The molecule has 1 aromatic heterocycles. The van der Waals surface area contributed by atoms with E-state index < -0.39 is 0 Å². The van der Waals surface area contributed by atoms with Gasteiger partial charge < -0.3 is 0 Å². The van der Waals surface area contributed by atoms with E-state index in [9.17, 15) is 0 Å². The fraction of sp³-hybridized carbons (Fsp3) is 0.583. The molecule has 1 fully saturated rings. The summed E-state index contributed by atoms with van der Waals surface area (Å²) in [6, 6.07) is 6.26. The summed E-state index contributed by atoms with van der Waals surface area (Å²) < 4.78 is 0. The van der Waals surface area contributed by atoms with E-state index in [0.29, 0.717) is 0 Å². The van der Waals surface area contributed by atoms with Crippen LogP contribution < -0.4 is 0 Å². The maximum Gasteiger partial charge on any atom is 0.0547 e. The highest BCUT2D eigenvalue weighted by molar-refractivity contribution is 9.09. The number of likely N-dealkylation sites (tertiary alicyclic amines) is 1. The topological polar surface area (TPSA) is 16.1 Å². The van der Waals surface area contributed by atoms with Gasteiger partial charge in [0, 0.05) is 17.1 Å². The summed E-state index contributed by atoms with van der Waals surface area (Å²) in [4.78, 5) is 7.74. The Kier molecular flexibility index (Phi) is 3.76. The van der Waals surface area contributed by atoms with Crippen LogP contribution in [0, 0.1) is 6.92 Å². The first-order valence-electron chi connectivity index (χ1n) is 5.53. The van der Waals surface area contributed by atoms with Crippen LogP contribution in [0.2, 0.25) is 0 Å². The molecule has 0 aromatic carbocycles. The van der Waals surface area contributed by atoms with Gasteiger partial charge in [-0.25, -0.2) is 0 Å². The zero-order valence-corrected chi connectivity index (χ0v) is 10.7. The predicted octanol–water partition coefficient (Wildman–Crippen LogP) is 2.75. The van der Waals surface area contributed by atoms with Gasteiger partial charge in [0.15, 0.2) is 0 Å². The van der Waals surface area contributed by atoms with Crippen LogP contribution in [0.4, 0.5) is 0 Å². The Morgan fingerprint density at radius 3 is 2.80 bits per heavy atom. The third kappa shape index (κ3) is 3.28. The van der Waals surface area contributed by atoms with E-state index in [2.05, 4.69) is 37.9 Å². The standard InChI is InChI=1S/C12H17BrN2/c1-10-3-2-4-12(14-10)9-15-7-5-11(13)6-8-15/h2-4,11H,5-9H2,1H3. The van der Waals surface area contributed by atoms with Gasteiger partial charge in [-0.3, -0.25) is 9.88 Å². The molecule has 2 rings (SSSR count). The Morgan fingerprint density at radius 2 is 2.13 bits per heavy atom. The molecule has 0 atom stereocenters. The second kappa shape index (κ2) is 5.08. The van der Waals surface area contributed by atoms with Gasteiger partial charge in [-0.05, 0) is 45.0 Å². The van der Waals surface area contributed by atoms with E-state index >= 15 is 0 Å². The van der Waals surface area contributed by atoms with Gasteiger partial charge >= 0.3 is 0 Å². The minimum atomic E-state index is 0.721. The largest absolute Gasteiger partial charge is 0.297 e. The van der Waals surface area contributed by atoms with Crippen molar-refractivity contribution in [3.63, 3.8) is 0 Å². The molecule has 0 saturated carbocycles. The summed E-state index contributed by atoms with van der Waals surface area (Å²) in [5.74, 6) is 0. The van der Waals surface area contributed by atoms with Crippen LogP contribution in [0.5, 0.6) is 0 Å². The summed E-state index contributed by atoms with van der Waals surface area (Å²) in [6.07, 6.45) is 2.51. The minimum absolute atomic E-state index is 0.721. The lowest BCUT2D eigenvalue weighted by atomic mass is 10.1. The van der Waals surface area contributed by atoms with Gasteiger partial charge in [0.05, 0.1) is 5.69 Å². The smallest absolute Gasteiger partial charge is 0.0547 e. The number of aryl methyl sites for hydroxylation is 1. The third-order valence-electron chi connectivity index (χ3n) is 2.85. The Morgan fingerprint density at radius 1 is 1.40 bits per heavy atom. The monoisotopic (exact) mass is 268 g/mol. The second-order valence-electron chi connectivity index (χ2n) is 4.22. The highest BCUT2D eigenvalue weighted by Crippen LogP contribution is 2.18. The summed E-state index contributed by atoms with van der Waals surface area (Å²) in [5, 5.41) is 0. The average Bonchev–Trinajstić information content (AvgIpc) is 2.22. The van der Waals surface area contributed by atoms with Crippen LogP contribution in [0.15, 0.2) is 18.2 Å². The van der Waals surface area contributed by atoms with Crippen molar-refractivity contribution in [2.24, 2.45) is 0 Å². The highest BCUT2D eigenvalue weighted by Gasteiger charge is 2.16. The number of nitrogens with zero attached hydrogens (tertiary/aromatic N) is 2. The Hall–Kier alpha value is -0.410. The molecule has 1 aliphatic heterocycles. The zero-order valence-electron chi connectivity index (χ0n) is 9.12. The van der Waals surface area contributed by atoms with Crippen LogP contribution in [0.1, 0.15) is 24.2 Å². The molecular formula is C12H17BrN2. The van der Waals surface area contributed by atoms with Crippen molar-refractivity contribution in [1.29, 1.82) is 0 Å². The van der Waals surface area contributed by atoms with E-state index in [0.717, 1.165) is 17.1 Å². The van der Waals surface area contributed by atoms with Crippen molar-refractivity contribution in [1.82, 2.24) is 9.88 Å². The predicted molar refractivity (Wildman–Crippen MR) is 66.2 cm³/mol. The quantitative estimate of drug-likeness (QED) is 0.767. The number of alkyl halides is 1. The van der Waals surface area contributed by atoms with Crippen LogP contribution in [0.3, 0.4) is 0 Å². The number of halogens is 1. The summed E-state index contributed by atoms with van der Waals surface area (Å²) >= 11 is 3.67. The molecule has 0 spiro atoms. The summed E-state index contributed by atoms with van der Waals surface area (Å²) in [5.41, 5.74) is 2.31. The lowest BCUT2D eigenvalue weighted by molar-refractivity contribution is 0.223. The van der Waals surface area contributed by atoms with E-state index in [4.69, 9.17) is 0 Å². The van der Waals surface area contributed by atoms with E-state index in [-0.39, 0.29) is 0 Å². The lowest BCUT2D eigenvalue weighted by Gasteiger charge is -2.29. The van der Waals surface area contributed by atoms with Crippen molar-refractivity contribution in [3.05, 3.63) is 29.6 Å². The molecule has 1 aromatic rings. The van der Waals surface area contributed by atoms with Crippen LogP contribution >= 0.6 is 15.9 Å². The van der Waals surface area contributed by atoms with Crippen molar-refractivity contribution < 1.29 is 0 Å². The summed E-state index contributed by atoms with van der Waals surface area (Å²) in [7, 11) is 0. The normalized spacial score (nSPS) is 19.3. The van der Waals surface area contributed by atoms with E-state index in [1.54, 1.807) is 0 Å². The molecule has 0 radical (unpaired) electrons.